The lowest BCUT2D eigenvalue weighted by molar-refractivity contribution is 0.0600. The number of nitrogens with zero attached hydrogens (tertiary/aromatic N) is 1. The van der Waals surface area contributed by atoms with E-state index in [1.54, 1.807) is 6.07 Å². The van der Waals surface area contributed by atoms with E-state index in [1.165, 1.54) is 7.11 Å². The standard InChI is InChI=1S/C11H11NO2/c1-7-5-8(2)10(12-3)6-9(7)11(13)14-4/h5-6H,1-2,4H3. The number of ether oxygens (including phenoxy) is 1. The number of benzene rings is 1. The molecule has 3 heteroatoms. The highest BCUT2D eigenvalue weighted by Crippen LogP contribution is 2.23. The SMILES string of the molecule is [C-]#[N+]c1cc(C(=O)OC)c(C)cc1C. The molecule has 0 aromatic heterocycles. The normalized spacial score (nSPS) is 9.29. The Kier molecular flexibility index (Phi) is 2.88. The lowest BCUT2D eigenvalue weighted by Gasteiger charge is -2.06. The summed E-state index contributed by atoms with van der Waals surface area (Å²) >= 11 is 0. The molecule has 0 bridgehead atoms. The first-order valence-corrected chi connectivity index (χ1v) is 4.17. The molecule has 3 nitrogen and oxygen atoms in total. The van der Waals surface area contributed by atoms with E-state index in [9.17, 15) is 4.79 Å². The first kappa shape index (κ1) is 10.3. The van der Waals surface area contributed by atoms with Crippen molar-refractivity contribution in [1.82, 2.24) is 0 Å². The lowest BCUT2D eigenvalue weighted by atomic mass is 10.0. The fraction of sp³-hybridized carbons (Fsp3) is 0.273. The Morgan fingerprint density at radius 3 is 2.50 bits per heavy atom. The summed E-state index contributed by atoms with van der Waals surface area (Å²) in [6.45, 7) is 10.6. The average molecular weight is 189 g/mol. The number of aryl methyl sites for hydroxylation is 2. The van der Waals surface area contributed by atoms with Gasteiger partial charge in [-0.25, -0.2) is 9.64 Å². The van der Waals surface area contributed by atoms with Crippen molar-refractivity contribution >= 4 is 11.7 Å². The molecule has 0 unspecified atom stereocenters. The molecule has 0 heterocycles. The number of carbonyl (C=O) groups excluding carboxylic acids is 1. The monoisotopic (exact) mass is 189 g/mol. The van der Waals surface area contributed by atoms with Crippen LogP contribution in [0.5, 0.6) is 0 Å². The van der Waals surface area contributed by atoms with Crippen LogP contribution in [0.4, 0.5) is 5.69 Å². The summed E-state index contributed by atoms with van der Waals surface area (Å²) < 4.78 is 4.61. The quantitative estimate of drug-likeness (QED) is 0.502. The number of esters is 1. The van der Waals surface area contributed by atoms with Crippen molar-refractivity contribution in [1.29, 1.82) is 0 Å². The van der Waals surface area contributed by atoms with Crippen LogP contribution < -0.4 is 0 Å². The molecule has 1 rings (SSSR count). The molecule has 0 fully saturated rings. The van der Waals surface area contributed by atoms with Crippen molar-refractivity contribution in [2.24, 2.45) is 0 Å². The molecule has 72 valence electrons. The van der Waals surface area contributed by atoms with Crippen LogP contribution in [0.1, 0.15) is 21.5 Å². The molecule has 0 atom stereocenters. The summed E-state index contributed by atoms with van der Waals surface area (Å²) in [4.78, 5) is 14.6. The molecule has 0 radical (unpaired) electrons. The van der Waals surface area contributed by atoms with E-state index in [4.69, 9.17) is 6.57 Å². The summed E-state index contributed by atoms with van der Waals surface area (Å²) in [6, 6.07) is 3.39. The zero-order chi connectivity index (χ0) is 10.7. The Morgan fingerprint density at radius 2 is 2.00 bits per heavy atom. The van der Waals surface area contributed by atoms with E-state index >= 15 is 0 Å². The highest BCUT2D eigenvalue weighted by Gasteiger charge is 2.11. The van der Waals surface area contributed by atoms with E-state index in [0.29, 0.717) is 11.3 Å². The lowest BCUT2D eigenvalue weighted by Crippen LogP contribution is -2.03. The molecule has 0 amide bonds. The van der Waals surface area contributed by atoms with Crippen LogP contribution in [0.25, 0.3) is 4.85 Å². The Balaban J connectivity index is 3.33. The zero-order valence-electron chi connectivity index (χ0n) is 8.42. The third-order valence-electron chi connectivity index (χ3n) is 2.07. The van der Waals surface area contributed by atoms with Crippen LogP contribution in [0.2, 0.25) is 0 Å². The smallest absolute Gasteiger partial charge is 0.336 e. The summed E-state index contributed by atoms with van der Waals surface area (Å²) in [5.41, 5.74) is 2.67. The first-order valence-electron chi connectivity index (χ1n) is 4.17. The molecular weight excluding hydrogens is 178 g/mol. The summed E-state index contributed by atoms with van der Waals surface area (Å²) in [5.74, 6) is -0.396. The van der Waals surface area contributed by atoms with Crippen LogP contribution in [0.3, 0.4) is 0 Å². The van der Waals surface area contributed by atoms with Crippen molar-refractivity contribution in [3.05, 3.63) is 40.2 Å². The van der Waals surface area contributed by atoms with Gasteiger partial charge in [-0.15, -0.1) is 0 Å². The van der Waals surface area contributed by atoms with Gasteiger partial charge in [-0.1, -0.05) is 6.07 Å². The maximum absolute atomic E-state index is 11.3. The number of carbonyl (C=O) groups is 1. The van der Waals surface area contributed by atoms with Crippen molar-refractivity contribution in [3.63, 3.8) is 0 Å². The molecular formula is C11H11NO2. The van der Waals surface area contributed by atoms with Crippen LogP contribution in [-0.2, 0) is 4.74 Å². The van der Waals surface area contributed by atoms with Gasteiger partial charge in [0.05, 0.1) is 19.2 Å². The minimum absolute atomic E-state index is 0.396. The van der Waals surface area contributed by atoms with Gasteiger partial charge in [-0.05, 0) is 31.0 Å². The van der Waals surface area contributed by atoms with E-state index in [0.717, 1.165) is 11.1 Å². The maximum atomic E-state index is 11.3. The predicted molar refractivity (Wildman–Crippen MR) is 53.5 cm³/mol. The molecule has 0 aliphatic rings. The highest BCUT2D eigenvalue weighted by atomic mass is 16.5. The van der Waals surface area contributed by atoms with Gasteiger partial charge >= 0.3 is 5.97 Å². The second-order valence-electron chi connectivity index (χ2n) is 3.06. The van der Waals surface area contributed by atoms with Gasteiger partial charge in [-0.2, -0.15) is 0 Å². The molecule has 0 saturated heterocycles. The van der Waals surface area contributed by atoms with Gasteiger partial charge in [0.15, 0.2) is 5.69 Å². The van der Waals surface area contributed by atoms with Crippen molar-refractivity contribution in [3.8, 4) is 0 Å². The Labute approximate surface area is 83.1 Å². The zero-order valence-corrected chi connectivity index (χ0v) is 8.42. The van der Waals surface area contributed by atoms with Crippen molar-refractivity contribution in [2.75, 3.05) is 7.11 Å². The molecule has 1 aromatic carbocycles. The second-order valence-corrected chi connectivity index (χ2v) is 3.06. The minimum atomic E-state index is -0.396. The van der Waals surface area contributed by atoms with Crippen molar-refractivity contribution < 1.29 is 9.53 Å². The summed E-state index contributed by atoms with van der Waals surface area (Å²) in [7, 11) is 1.33. The molecule has 0 aliphatic carbocycles. The first-order chi connectivity index (χ1) is 6.60. The fourth-order valence-corrected chi connectivity index (χ4v) is 1.29. The molecule has 0 saturated carbocycles. The maximum Gasteiger partial charge on any atom is 0.336 e. The number of methoxy groups -OCH3 is 1. The third-order valence-corrected chi connectivity index (χ3v) is 2.07. The molecule has 0 N–H and O–H groups in total. The molecule has 0 spiro atoms. The van der Waals surface area contributed by atoms with E-state index in [2.05, 4.69) is 9.58 Å². The van der Waals surface area contributed by atoms with E-state index < -0.39 is 5.97 Å². The van der Waals surface area contributed by atoms with Crippen LogP contribution in [0.15, 0.2) is 12.1 Å². The molecule has 1 aromatic rings. The Bertz CT molecular complexity index is 416. The Morgan fingerprint density at radius 1 is 1.36 bits per heavy atom. The van der Waals surface area contributed by atoms with E-state index in [-0.39, 0.29) is 0 Å². The number of hydrogen-bond acceptors (Lipinski definition) is 2. The van der Waals surface area contributed by atoms with Gasteiger partial charge < -0.3 is 4.74 Å². The van der Waals surface area contributed by atoms with E-state index in [1.807, 2.05) is 19.9 Å². The number of rotatable bonds is 1. The second kappa shape index (κ2) is 3.93. The van der Waals surface area contributed by atoms with Gasteiger partial charge in [0.1, 0.15) is 0 Å². The summed E-state index contributed by atoms with van der Waals surface area (Å²) in [5, 5.41) is 0. The summed E-state index contributed by atoms with van der Waals surface area (Å²) in [6.07, 6.45) is 0. The largest absolute Gasteiger partial charge is 0.465 e. The highest BCUT2D eigenvalue weighted by molar-refractivity contribution is 5.92. The van der Waals surface area contributed by atoms with Crippen LogP contribution in [0, 0.1) is 20.4 Å². The van der Waals surface area contributed by atoms with Gasteiger partial charge in [0, 0.05) is 0 Å². The molecule has 14 heavy (non-hydrogen) atoms. The van der Waals surface area contributed by atoms with Gasteiger partial charge in [0.2, 0.25) is 0 Å². The average Bonchev–Trinajstić information content (AvgIpc) is 2.17. The minimum Gasteiger partial charge on any atom is -0.465 e. The van der Waals surface area contributed by atoms with Crippen LogP contribution in [-0.4, -0.2) is 13.1 Å². The fourth-order valence-electron chi connectivity index (χ4n) is 1.29. The molecule has 0 aliphatic heterocycles. The number of hydrogen-bond donors (Lipinski definition) is 0. The van der Waals surface area contributed by atoms with Gasteiger partial charge in [0.25, 0.3) is 0 Å². The topological polar surface area (TPSA) is 30.7 Å². The predicted octanol–water partition coefficient (Wildman–Crippen LogP) is 2.64. The Hall–Kier alpha value is -1.82. The third kappa shape index (κ3) is 1.74. The van der Waals surface area contributed by atoms with Crippen molar-refractivity contribution in [2.45, 2.75) is 13.8 Å². The van der Waals surface area contributed by atoms with Crippen LogP contribution >= 0.6 is 0 Å². The van der Waals surface area contributed by atoms with Gasteiger partial charge in [-0.3, -0.25) is 0 Å².